The molecular weight excluding hydrogens is 269 g/mol. The zero-order valence-electron chi connectivity index (χ0n) is 10.4. The minimum absolute atomic E-state index is 0.417. The summed E-state index contributed by atoms with van der Waals surface area (Å²) in [5, 5.41) is 1.13. The first-order chi connectivity index (χ1) is 8.47. The summed E-state index contributed by atoms with van der Waals surface area (Å²) in [6, 6.07) is 5.47. The van der Waals surface area contributed by atoms with E-state index in [9.17, 15) is 0 Å². The number of benzene rings is 1. The smallest absolute Gasteiger partial charge is 0.134 e. The first kappa shape index (κ1) is 13.2. The number of aryl methyl sites for hydroxylation is 3. The Morgan fingerprint density at radius 2 is 1.56 bits per heavy atom. The van der Waals surface area contributed by atoms with Crippen LogP contribution in [0.1, 0.15) is 16.7 Å². The molecule has 0 spiro atoms. The maximum atomic E-state index is 6.00. The number of rotatable bonds is 2. The van der Waals surface area contributed by atoms with Crippen LogP contribution in [0.2, 0.25) is 10.2 Å². The zero-order chi connectivity index (χ0) is 13.3. The molecule has 0 N–H and O–H groups in total. The van der Waals surface area contributed by atoms with Gasteiger partial charge in [0.25, 0.3) is 0 Å². The Bertz CT molecular complexity index is 573. The van der Waals surface area contributed by atoms with E-state index in [-0.39, 0.29) is 0 Å². The van der Waals surface area contributed by atoms with Gasteiger partial charge in [0.1, 0.15) is 16.7 Å². The predicted molar refractivity (Wildman–Crippen MR) is 75.0 cm³/mol. The highest BCUT2D eigenvalue weighted by Crippen LogP contribution is 2.33. The molecule has 0 aliphatic heterocycles. The van der Waals surface area contributed by atoms with E-state index >= 15 is 0 Å². The third-order valence-corrected chi connectivity index (χ3v) is 3.08. The molecule has 0 saturated carbocycles. The Hall–Kier alpha value is -1.25. The van der Waals surface area contributed by atoms with E-state index < -0.39 is 0 Å². The molecule has 0 bridgehead atoms. The molecule has 1 aromatic carbocycles. The molecule has 1 aromatic heterocycles. The van der Waals surface area contributed by atoms with Crippen LogP contribution in [0.25, 0.3) is 0 Å². The van der Waals surface area contributed by atoms with E-state index in [4.69, 9.17) is 27.9 Å². The Balaban J connectivity index is 2.43. The van der Waals surface area contributed by atoms with E-state index in [1.54, 1.807) is 12.3 Å². The monoisotopic (exact) mass is 281 g/mol. The van der Waals surface area contributed by atoms with E-state index in [1.807, 2.05) is 32.9 Å². The maximum Gasteiger partial charge on any atom is 0.134 e. The lowest BCUT2D eigenvalue weighted by molar-refractivity contribution is 0.470. The molecule has 0 fully saturated rings. The predicted octanol–water partition coefficient (Wildman–Crippen LogP) is 5.11. The lowest BCUT2D eigenvalue weighted by atomic mass is 10.1. The topological polar surface area (TPSA) is 22.1 Å². The minimum Gasteiger partial charge on any atom is -0.456 e. The van der Waals surface area contributed by atoms with Crippen LogP contribution in [0.15, 0.2) is 24.4 Å². The Kier molecular flexibility index (Phi) is 3.79. The number of hydrogen-bond donors (Lipinski definition) is 0. The number of halogens is 2. The molecule has 2 aromatic rings. The van der Waals surface area contributed by atoms with Gasteiger partial charge in [-0.1, -0.05) is 23.2 Å². The van der Waals surface area contributed by atoms with E-state index in [0.717, 1.165) is 22.4 Å². The van der Waals surface area contributed by atoms with Crippen molar-refractivity contribution in [3.63, 3.8) is 0 Å². The van der Waals surface area contributed by atoms with Gasteiger partial charge in [-0.2, -0.15) is 0 Å². The molecule has 0 atom stereocenters. The van der Waals surface area contributed by atoms with Crippen LogP contribution in [0.5, 0.6) is 11.5 Å². The number of ether oxygens (including phenoxy) is 1. The molecule has 0 amide bonds. The van der Waals surface area contributed by atoms with Crippen LogP contribution in [0.4, 0.5) is 0 Å². The fourth-order valence-corrected chi connectivity index (χ4v) is 2.23. The number of pyridine rings is 1. The lowest BCUT2D eigenvalue weighted by Gasteiger charge is -2.14. The first-order valence-electron chi connectivity index (χ1n) is 5.54. The average molecular weight is 282 g/mol. The highest BCUT2D eigenvalue weighted by atomic mass is 35.5. The van der Waals surface area contributed by atoms with Crippen LogP contribution in [-0.2, 0) is 0 Å². The van der Waals surface area contributed by atoms with Gasteiger partial charge in [0.15, 0.2) is 0 Å². The fourth-order valence-electron chi connectivity index (χ4n) is 1.76. The molecule has 0 aliphatic rings. The van der Waals surface area contributed by atoms with Crippen LogP contribution >= 0.6 is 23.2 Å². The number of nitrogens with zero attached hydrogens (tertiary/aromatic N) is 1. The summed E-state index contributed by atoms with van der Waals surface area (Å²) in [5.41, 5.74) is 2.92. The summed E-state index contributed by atoms with van der Waals surface area (Å²) < 4.78 is 5.92. The van der Waals surface area contributed by atoms with Gasteiger partial charge >= 0.3 is 0 Å². The molecule has 4 heteroatoms. The molecule has 0 saturated heterocycles. The van der Waals surface area contributed by atoms with Gasteiger partial charge in [-0.05, 0) is 44.0 Å². The van der Waals surface area contributed by atoms with Gasteiger partial charge in [0.05, 0.1) is 0 Å². The summed E-state index contributed by atoms with van der Waals surface area (Å²) in [5.74, 6) is 1.52. The van der Waals surface area contributed by atoms with Crippen molar-refractivity contribution >= 4 is 23.2 Å². The summed E-state index contributed by atoms with van der Waals surface area (Å²) in [6.07, 6.45) is 1.69. The average Bonchev–Trinajstić information content (AvgIpc) is 2.28. The summed E-state index contributed by atoms with van der Waals surface area (Å²) in [4.78, 5) is 4.00. The second-order valence-electron chi connectivity index (χ2n) is 4.24. The zero-order valence-corrected chi connectivity index (χ0v) is 11.9. The minimum atomic E-state index is 0.417. The van der Waals surface area contributed by atoms with Crippen molar-refractivity contribution in [2.24, 2.45) is 0 Å². The van der Waals surface area contributed by atoms with E-state index in [0.29, 0.717) is 15.9 Å². The highest BCUT2D eigenvalue weighted by molar-refractivity contribution is 6.30. The van der Waals surface area contributed by atoms with E-state index in [1.165, 1.54) is 0 Å². The third kappa shape index (κ3) is 2.77. The van der Waals surface area contributed by atoms with Gasteiger partial charge in [-0.3, -0.25) is 0 Å². The van der Waals surface area contributed by atoms with Crippen molar-refractivity contribution in [2.75, 3.05) is 0 Å². The number of hydrogen-bond acceptors (Lipinski definition) is 2. The SMILES string of the molecule is Cc1cnc(Cl)cc1Oc1c(C)cc(Cl)cc1C. The van der Waals surface area contributed by atoms with Gasteiger partial charge in [-0.25, -0.2) is 4.98 Å². The van der Waals surface area contributed by atoms with Gasteiger partial charge in [0, 0.05) is 22.8 Å². The normalized spacial score (nSPS) is 10.5. The molecule has 0 aliphatic carbocycles. The second kappa shape index (κ2) is 5.17. The number of aromatic nitrogens is 1. The quantitative estimate of drug-likeness (QED) is 0.714. The molecule has 2 rings (SSSR count). The summed E-state index contributed by atoms with van der Waals surface area (Å²) in [7, 11) is 0. The van der Waals surface area contributed by atoms with Crippen LogP contribution in [-0.4, -0.2) is 4.98 Å². The van der Waals surface area contributed by atoms with Crippen molar-refractivity contribution in [3.8, 4) is 11.5 Å². The molecule has 18 heavy (non-hydrogen) atoms. The van der Waals surface area contributed by atoms with Crippen molar-refractivity contribution in [1.29, 1.82) is 0 Å². The van der Waals surface area contributed by atoms with Crippen molar-refractivity contribution in [3.05, 3.63) is 51.3 Å². The van der Waals surface area contributed by atoms with Gasteiger partial charge < -0.3 is 4.74 Å². The molecule has 94 valence electrons. The van der Waals surface area contributed by atoms with Crippen molar-refractivity contribution in [2.45, 2.75) is 20.8 Å². The summed E-state index contributed by atoms with van der Waals surface area (Å²) >= 11 is 11.9. The largest absolute Gasteiger partial charge is 0.456 e. The fraction of sp³-hybridized carbons (Fsp3) is 0.214. The van der Waals surface area contributed by atoms with Crippen LogP contribution in [0.3, 0.4) is 0 Å². The summed E-state index contributed by atoms with van der Waals surface area (Å²) in [6.45, 7) is 5.86. The Morgan fingerprint density at radius 1 is 0.944 bits per heavy atom. The molecule has 1 heterocycles. The van der Waals surface area contributed by atoms with Crippen LogP contribution in [0, 0.1) is 20.8 Å². The van der Waals surface area contributed by atoms with Crippen molar-refractivity contribution in [1.82, 2.24) is 4.98 Å². The lowest BCUT2D eigenvalue weighted by Crippen LogP contribution is -1.94. The Morgan fingerprint density at radius 3 is 2.17 bits per heavy atom. The second-order valence-corrected chi connectivity index (χ2v) is 5.07. The van der Waals surface area contributed by atoms with Crippen molar-refractivity contribution < 1.29 is 4.74 Å². The highest BCUT2D eigenvalue weighted by Gasteiger charge is 2.09. The molecule has 0 unspecified atom stereocenters. The first-order valence-corrected chi connectivity index (χ1v) is 6.29. The van der Waals surface area contributed by atoms with E-state index in [2.05, 4.69) is 4.98 Å². The van der Waals surface area contributed by atoms with Crippen LogP contribution < -0.4 is 4.74 Å². The van der Waals surface area contributed by atoms with Gasteiger partial charge in [0.2, 0.25) is 0 Å². The Labute approximate surface area is 117 Å². The third-order valence-electron chi connectivity index (χ3n) is 2.66. The molecule has 0 radical (unpaired) electrons. The maximum absolute atomic E-state index is 6.00. The van der Waals surface area contributed by atoms with Gasteiger partial charge in [-0.15, -0.1) is 0 Å². The molecular formula is C14H13Cl2NO. The molecule has 2 nitrogen and oxygen atoms in total. The standard InChI is InChI=1S/C14H13Cl2NO/c1-8-4-11(15)5-9(2)14(8)18-12-6-13(16)17-7-10(12)3/h4-7H,1-3H3.